The number of rotatable bonds is 2. The summed E-state index contributed by atoms with van der Waals surface area (Å²) in [5.41, 5.74) is 0.898. The van der Waals surface area contributed by atoms with Crippen molar-refractivity contribution in [1.29, 1.82) is 0 Å². The van der Waals surface area contributed by atoms with Crippen LogP contribution >= 0.6 is 11.6 Å². The van der Waals surface area contributed by atoms with E-state index in [-0.39, 0.29) is 0 Å². The van der Waals surface area contributed by atoms with E-state index in [4.69, 9.17) is 20.8 Å². The highest BCUT2D eigenvalue weighted by molar-refractivity contribution is 6.16. The first kappa shape index (κ1) is 9.99. The van der Waals surface area contributed by atoms with E-state index in [9.17, 15) is 0 Å². The van der Waals surface area contributed by atoms with Crippen LogP contribution < -0.4 is 0 Å². The Bertz CT molecular complexity index is 324. The van der Waals surface area contributed by atoms with E-state index in [1.165, 1.54) is 0 Å². The van der Waals surface area contributed by atoms with E-state index in [1.807, 2.05) is 6.92 Å². The van der Waals surface area contributed by atoms with Gasteiger partial charge in [-0.2, -0.15) is 0 Å². The second-order valence-corrected chi connectivity index (χ2v) is 4.04. The molecule has 1 aliphatic heterocycles. The minimum Gasteiger partial charge on any atom is -0.444 e. The minimum absolute atomic E-state index is 0.306. The normalized spacial score (nSPS) is 27.1. The molecule has 0 aromatic carbocycles. The lowest BCUT2D eigenvalue weighted by molar-refractivity contribution is 0.122. The average molecular weight is 216 g/mol. The van der Waals surface area contributed by atoms with Gasteiger partial charge < -0.3 is 9.15 Å². The molecule has 1 aromatic rings. The number of halogens is 1. The maximum atomic E-state index is 5.72. The van der Waals surface area contributed by atoms with Gasteiger partial charge in [0.05, 0.1) is 30.2 Å². The van der Waals surface area contributed by atoms with Gasteiger partial charge in [-0.25, -0.2) is 4.98 Å². The van der Waals surface area contributed by atoms with Gasteiger partial charge >= 0.3 is 0 Å². The van der Waals surface area contributed by atoms with Crippen molar-refractivity contribution < 1.29 is 9.15 Å². The van der Waals surface area contributed by atoms with Crippen LogP contribution in [0.2, 0.25) is 0 Å². The molecular weight excluding hydrogens is 202 g/mol. The molecule has 0 aliphatic carbocycles. The smallest absolute Gasteiger partial charge is 0.200 e. The number of alkyl halides is 1. The Hall–Kier alpha value is -0.540. The van der Waals surface area contributed by atoms with Crippen LogP contribution in [0.3, 0.4) is 0 Å². The monoisotopic (exact) mass is 215 g/mol. The highest BCUT2D eigenvalue weighted by atomic mass is 35.5. The Morgan fingerprint density at radius 3 is 2.86 bits per heavy atom. The van der Waals surface area contributed by atoms with Crippen molar-refractivity contribution in [2.75, 3.05) is 6.61 Å². The zero-order chi connectivity index (χ0) is 10.1. The Balaban J connectivity index is 2.16. The second kappa shape index (κ2) is 3.91. The zero-order valence-corrected chi connectivity index (χ0v) is 9.17. The van der Waals surface area contributed by atoms with Gasteiger partial charge in [-0.05, 0) is 20.3 Å². The number of hydrogen-bond acceptors (Lipinski definition) is 3. The van der Waals surface area contributed by atoms with Gasteiger partial charge in [-0.3, -0.25) is 0 Å². The first-order valence-electron chi connectivity index (χ1n) is 4.84. The highest BCUT2D eigenvalue weighted by Crippen LogP contribution is 2.30. The summed E-state index contributed by atoms with van der Waals surface area (Å²) in [6.45, 7) is 4.70. The molecule has 0 spiro atoms. The molecular formula is C10H14ClNO2. The maximum Gasteiger partial charge on any atom is 0.200 e. The zero-order valence-electron chi connectivity index (χ0n) is 8.42. The average Bonchev–Trinajstić information content (AvgIpc) is 2.71. The summed E-state index contributed by atoms with van der Waals surface area (Å²) < 4.78 is 11.0. The minimum atomic E-state index is 0.306. The fraction of sp³-hybridized carbons (Fsp3) is 0.700. The molecule has 0 saturated carbocycles. The number of nitrogens with zero attached hydrogens (tertiary/aromatic N) is 1. The van der Waals surface area contributed by atoms with Gasteiger partial charge in [0.25, 0.3) is 0 Å². The Morgan fingerprint density at radius 1 is 1.57 bits per heavy atom. The summed E-state index contributed by atoms with van der Waals surface area (Å²) >= 11 is 5.72. The second-order valence-electron chi connectivity index (χ2n) is 3.77. The number of hydrogen-bond donors (Lipinski definition) is 0. The fourth-order valence-electron chi connectivity index (χ4n) is 1.74. The molecule has 1 saturated heterocycles. The first-order chi connectivity index (χ1) is 6.70. The van der Waals surface area contributed by atoms with E-state index in [2.05, 4.69) is 11.9 Å². The molecule has 2 heterocycles. The van der Waals surface area contributed by atoms with Crippen molar-refractivity contribution in [3.8, 4) is 0 Å². The van der Waals surface area contributed by atoms with Gasteiger partial charge in [0.15, 0.2) is 5.89 Å². The third-order valence-electron chi connectivity index (χ3n) is 2.58. The molecule has 2 atom stereocenters. The molecule has 0 N–H and O–H groups in total. The first-order valence-corrected chi connectivity index (χ1v) is 5.38. The van der Waals surface area contributed by atoms with Crippen LogP contribution in [-0.4, -0.2) is 17.7 Å². The molecule has 1 aliphatic rings. The summed E-state index contributed by atoms with van der Waals surface area (Å²) in [7, 11) is 0. The van der Waals surface area contributed by atoms with Crippen LogP contribution in [0.25, 0.3) is 0 Å². The summed E-state index contributed by atoms with van der Waals surface area (Å²) in [5, 5.41) is 0. The van der Waals surface area contributed by atoms with Crippen LogP contribution in [0.1, 0.15) is 36.6 Å². The van der Waals surface area contributed by atoms with Crippen molar-refractivity contribution in [3.05, 3.63) is 17.3 Å². The number of oxazole rings is 1. The van der Waals surface area contributed by atoms with Gasteiger partial charge in [0.2, 0.25) is 0 Å². The predicted octanol–water partition coefficient (Wildman–Crippen LogP) is 2.61. The van der Waals surface area contributed by atoms with E-state index >= 15 is 0 Å². The third-order valence-corrected chi connectivity index (χ3v) is 2.82. The Morgan fingerprint density at radius 2 is 2.36 bits per heavy atom. The van der Waals surface area contributed by atoms with Crippen molar-refractivity contribution in [1.82, 2.24) is 4.98 Å². The largest absolute Gasteiger partial charge is 0.444 e. The standard InChI is InChI=1S/C10H14ClNO2/c1-6-3-8(5-13-6)10-12-7(2)9(4-11)14-10/h6,8H,3-5H2,1-2H3. The van der Waals surface area contributed by atoms with Crippen molar-refractivity contribution in [3.63, 3.8) is 0 Å². The number of aryl methyl sites for hydroxylation is 1. The van der Waals surface area contributed by atoms with Crippen LogP contribution in [-0.2, 0) is 10.6 Å². The molecule has 3 nitrogen and oxygen atoms in total. The van der Waals surface area contributed by atoms with Crippen LogP contribution in [0.4, 0.5) is 0 Å². The summed E-state index contributed by atoms with van der Waals surface area (Å²) in [6.07, 6.45) is 1.30. The molecule has 78 valence electrons. The van der Waals surface area contributed by atoms with Gasteiger partial charge in [-0.15, -0.1) is 11.6 Å². The molecule has 1 aromatic heterocycles. The van der Waals surface area contributed by atoms with Gasteiger partial charge in [-0.1, -0.05) is 0 Å². The van der Waals surface area contributed by atoms with E-state index < -0.39 is 0 Å². The molecule has 2 unspecified atom stereocenters. The van der Waals surface area contributed by atoms with Crippen molar-refractivity contribution in [2.45, 2.75) is 38.2 Å². The van der Waals surface area contributed by atoms with E-state index in [0.29, 0.717) is 24.5 Å². The van der Waals surface area contributed by atoms with Gasteiger partial charge in [0.1, 0.15) is 5.76 Å². The van der Waals surface area contributed by atoms with Crippen molar-refractivity contribution >= 4 is 11.6 Å². The SMILES string of the molecule is Cc1nc(C2COC(C)C2)oc1CCl. The highest BCUT2D eigenvalue weighted by Gasteiger charge is 2.28. The summed E-state index contributed by atoms with van der Waals surface area (Å²) in [4.78, 5) is 4.37. The van der Waals surface area contributed by atoms with Crippen molar-refractivity contribution in [2.24, 2.45) is 0 Å². The molecule has 0 radical (unpaired) electrons. The van der Waals surface area contributed by atoms with E-state index in [0.717, 1.165) is 23.8 Å². The summed E-state index contributed by atoms with van der Waals surface area (Å²) in [5.74, 6) is 2.26. The van der Waals surface area contributed by atoms with Gasteiger partial charge in [0, 0.05) is 0 Å². The molecule has 4 heteroatoms. The fourth-order valence-corrected chi connectivity index (χ4v) is 1.99. The number of ether oxygens (including phenoxy) is 1. The van der Waals surface area contributed by atoms with Crippen LogP contribution in [0.15, 0.2) is 4.42 Å². The van der Waals surface area contributed by atoms with E-state index in [1.54, 1.807) is 0 Å². The Labute approximate surface area is 88.4 Å². The molecule has 2 rings (SSSR count). The van der Waals surface area contributed by atoms with Crippen LogP contribution in [0, 0.1) is 6.92 Å². The molecule has 0 bridgehead atoms. The summed E-state index contributed by atoms with van der Waals surface area (Å²) in [6, 6.07) is 0. The lowest BCUT2D eigenvalue weighted by atomic mass is 10.1. The topological polar surface area (TPSA) is 35.3 Å². The third kappa shape index (κ3) is 1.79. The molecule has 0 amide bonds. The number of aromatic nitrogens is 1. The molecule has 14 heavy (non-hydrogen) atoms. The lowest BCUT2D eigenvalue weighted by Gasteiger charge is -2.00. The maximum absolute atomic E-state index is 5.72. The molecule has 1 fully saturated rings. The Kier molecular flexibility index (Phi) is 2.79. The predicted molar refractivity (Wildman–Crippen MR) is 53.6 cm³/mol. The van der Waals surface area contributed by atoms with Crippen LogP contribution in [0.5, 0.6) is 0 Å². The lowest BCUT2D eigenvalue weighted by Crippen LogP contribution is -1.98. The quantitative estimate of drug-likeness (QED) is 0.712.